The van der Waals surface area contributed by atoms with Gasteiger partial charge in [0.1, 0.15) is 0 Å². The van der Waals surface area contributed by atoms with E-state index in [-0.39, 0.29) is 0 Å². The van der Waals surface area contributed by atoms with E-state index < -0.39 is 0 Å². The van der Waals surface area contributed by atoms with E-state index in [4.69, 9.17) is 0 Å². The summed E-state index contributed by atoms with van der Waals surface area (Å²) in [6.07, 6.45) is 1.27. The largest absolute Gasteiger partial charge is 0.347 e. The molecule has 0 spiro atoms. The zero-order valence-electron chi connectivity index (χ0n) is 11.8. The molecular weight excluding hydrogens is 220 g/mol. The molecule has 2 heterocycles. The maximum Gasteiger partial charge on any atom is 0.0515 e. The van der Waals surface area contributed by atoms with Crippen LogP contribution in [0.1, 0.15) is 34.7 Å². The van der Waals surface area contributed by atoms with Gasteiger partial charge in [0, 0.05) is 30.6 Å². The highest BCUT2D eigenvalue weighted by Gasteiger charge is 2.24. The van der Waals surface area contributed by atoms with Crippen molar-refractivity contribution in [2.45, 2.75) is 33.1 Å². The van der Waals surface area contributed by atoms with Crippen molar-refractivity contribution >= 4 is 10.9 Å². The van der Waals surface area contributed by atoms with Gasteiger partial charge in [0.15, 0.2) is 0 Å². The molecule has 1 fully saturated rings. The molecule has 1 N–H and O–H groups in total. The number of benzene rings is 1. The number of nitrogens with one attached hydrogen (secondary N) is 1. The molecule has 2 heteroatoms. The summed E-state index contributed by atoms with van der Waals surface area (Å²) in [6.45, 7) is 9.03. The Hall–Kier alpha value is -1.28. The second-order valence-electron chi connectivity index (χ2n) is 5.68. The Morgan fingerprint density at radius 1 is 1.17 bits per heavy atom. The molecule has 1 saturated heterocycles. The molecule has 0 amide bonds. The highest BCUT2D eigenvalue weighted by atomic mass is 15.0. The van der Waals surface area contributed by atoms with E-state index in [1.165, 1.54) is 39.7 Å². The third-order valence-electron chi connectivity index (χ3n) is 4.49. The summed E-state index contributed by atoms with van der Waals surface area (Å²) in [6, 6.07) is 4.50. The van der Waals surface area contributed by atoms with Crippen molar-refractivity contribution in [3.63, 3.8) is 0 Å². The van der Waals surface area contributed by atoms with E-state index in [9.17, 15) is 0 Å². The van der Waals surface area contributed by atoms with Crippen molar-refractivity contribution in [2.75, 3.05) is 13.1 Å². The van der Waals surface area contributed by atoms with Crippen molar-refractivity contribution in [2.24, 2.45) is 7.05 Å². The van der Waals surface area contributed by atoms with Gasteiger partial charge >= 0.3 is 0 Å². The molecule has 1 aromatic carbocycles. The predicted octanol–water partition coefficient (Wildman–Crippen LogP) is 3.18. The Morgan fingerprint density at radius 2 is 1.89 bits per heavy atom. The summed E-state index contributed by atoms with van der Waals surface area (Å²) in [5.74, 6) is 0.682. The van der Waals surface area contributed by atoms with Crippen molar-refractivity contribution in [1.29, 1.82) is 0 Å². The van der Waals surface area contributed by atoms with E-state index in [1.54, 1.807) is 0 Å². The molecular formula is C16H22N2. The first-order valence-electron chi connectivity index (χ1n) is 6.87. The van der Waals surface area contributed by atoms with Crippen LogP contribution in [0.3, 0.4) is 0 Å². The lowest BCUT2D eigenvalue weighted by atomic mass is 9.98. The van der Waals surface area contributed by atoms with Gasteiger partial charge in [0.2, 0.25) is 0 Å². The minimum absolute atomic E-state index is 0.682. The number of aryl methyl sites for hydroxylation is 4. The number of hydrogen-bond donors (Lipinski definition) is 1. The first kappa shape index (κ1) is 11.8. The Bertz CT molecular complexity index is 556. The average Bonchev–Trinajstić information content (AvgIpc) is 2.92. The van der Waals surface area contributed by atoms with E-state index in [1.807, 2.05) is 0 Å². The Kier molecular flexibility index (Phi) is 2.70. The van der Waals surface area contributed by atoms with Crippen LogP contribution >= 0.6 is 0 Å². The molecule has 96 valence electrons. The number of nitrogens with zero attached hydrogens (tertiary/aromatic N) is 1. The molecule has 1 atom stereocenters. The Labute approximate surface area is 109 Å². The summed E-state index contributed by atoms with van der Waals surface area (Å²) in [5.41, 5.74) is 7.24. The molecule has 0 radical (unpaired) electrons. The van der Waals surface area contributed by atoms with Crippen LogP contribution < -0.4 is 5.32 Å². The van der Waals surface area contributed by atoms with Gasteiger partial charge in [0.05, 0.1) is 5.52 Å². The number of fused-ring (bicyclic) bond motifs is 1. The van der Waals surface area contributed by atoms with E-state index in [2.05, 4.69) is 49.8 Å². The molecule has 0 aliphatic carbocycles. The lowest BCUT2D eigenvalue weighted by Crippen LogP contribution is -2.11. The second kappa shape index (κ2) is 4.13. The van der Waals surface area contributed by atoms with Gasteiger partial charge in [-0.05, 0) is 50.4 Å². The Balaban J connectivity index is 2.33. The first-order valence-corrected chi connectivity index (χ1v) is 6.87. The van der Waals surface area contributed by atoms with Crippen LogP contribution in [-0.4, -0.2) is 17.7 Å². The maximum atomic E-state index is 3.49. The van der Waals surface area contributed by atoms with Crippen molar-refractivity contribution in [3.8, 4) is 0 Å². The lowest BCUT2D eigenvalue weighted by Gasteiger charge is -2.12. The highest BCUT2D eigenvalue weighted by molar-refractivity contribution is 5.91. The molecule has 18 heavy (non-hydrogen) atoms. The van der Waals surface area contributed by atoms with Gasteiger partial charge in [0.25, 0.3) is 0 Å². The molecule has 3 rings (SSSR count). The van der Waals surface area contributed by atoms with Gasteiger partial charge in [-0.1, -0.05) is 12.1 Å². The van der Waals surface area contributed by atoms with Crippen LogP contribution in [0.25, 0.3) is 10.9 Å². The van der Waals surface area contributed by atoms with E-state index in [0.29, 0.717) is 5.92 Å². The van der Waals surface area contributed by atoms with Crippen molar-refractivity contribution in [1.82, 2.24) is 9.88 Å². The zero-order chi connectivity index (χ0) is 12.9. The maximum absolute atomic E-state index is 3.49. The second-order valence-corrected chi connectivity index (χ2v) is 5.68. The summed E-state index contributed by atoms with van der Waals surface area (Å²) in [5, 5.41) is 4.96. The van der Waals surface area contributed by atoms with Crippen LogP contribution in [0.5, 0.6) is 0 Å². The molecule has 2 aromatic rings. The fourth-order valence-corrected chi connectivity index (χ4v) is 3.67. The molecule has 0 bridgehead atoms. The Morgan fingerprint density at radius 3 is 2.50 bits per heavy atom. The van der Waals surface area contributed by atoms with Gasteiger partial charge in [-0.25, -0.2) is 0 Å². The molecule has 1 aliphatic heterocycles. The van der Waals surface area contributed by atoms with E-state index in [0.717, 1.165) is 13.1 Å². The third kappa shape index (κ3) is 1.52. The molecule has 1 aliphatic rings. The summed E-state index contributed by atoms with van der Waals surface area (Å²) in [4.78, 5) is 0. The van der Waals surface area contributed by atoms with Gasteiger partial charge in [-0.15, -0.1) is 0 Å². The fourth-order valence-electron chi connectivity index (χ4n) is 3.67. The summed E-state index contributed by atoms with van der Waals surface area (Å²) in [7, 11) is 2.23. The standard InChI is InChI=1S/C16H22N2/c1-10-5-6-11(2)15-14(10)12(3)16(18(15)4)13-7-8-17-9-13/h5-6,13,17H,7-9H2,1-4H3. The molecule has 2 nitrogen and oxygen atoms in total. The fraction of sp³-hybridized carbons (Fsp3) is 0.500. The SMILES string of the molecule is Cc1ccc(C)c2c1c(C)c(C1CCNC1)n2C. The first-order chi connectivity index (χ1) is 8.61. The predicted molar refractivity (Wildman–Crippen MR) is 77.4 cm³/mol. The van der Waals surface area contributed by atoms with Crippen LogP contribution in [0.15, 0.2) is 12.1 Å². The molecule has 1 unspecified atom stereocenters. The van der Waals surface area contributed by atoms with Crippen molar-refractivity contribution < 1.29 is 0 Å². The number of rotatable bonds is 1. The van der Waals surface area contributed by atoms with Crippen LogP contribution in [-0.2, 0) is 7.05 Å². The van der Waals surface area contributed by atoms with Gasteiger partial charge in [-0.3, -0.25) is 0 Å². The summed E-state index contributed by atoms with van der Waals surface area (Å²) >= 11 is 0. The smallest absolute Gasteiger partial charge is 0.0515 e. The quantitative estimate of drug-likeness (QED) is 0.812. The van der Waals surface area contributed by atoms with Crippen molar-refractivity contribution in [3.05, 3.63) is 34.5 Å². The average molecular weight is 242 g/mol. The normalized spacial score (nSPS) is 19.9. The van der Waals surface area contributed by atoms with Crippen LogP contribution in [0.4, 0.5) is 0 Å². The van der Waals surface area contributed by atoms with Crippen LogP contribution in [0, 0.1) is 20.8 Å². The molecule has 0 saturated carbocycles. The van der Waals surface area contributed by atoms with Gasteiger partial charge in [-0.2, -0.15) is 0 Å². The minimum Gasteiger partial charge on any atom is -0.347 e. The number of hydrogen-bond acceptors (Lipinski definition) is 1. The monoisotopic (exact) mass is 242 g/mol. The number of aromatic nitrogens is 1. The molecule has 1 aromatic heterocycles. The van der Waals surface area contributed by atoms with E-state index >= 15 is 0 Å². The highest BCUT2D eigenvalue weighted by Crippen LogP contribution is 2.35. The lowest BCUT2D eigenvalue weighted by molar-refractivity contribution is 0.688. The summed E-state index contributed by atoms with van der Waals surface area (Å²) < 4.78 is 2.44. The topological polar surface area (TPSA) is 17.0 Å². The van der Waals surface area contributed by atoms with Gasteiger partial charge < -0.3 is 9.88 Å². The van der Waals surface area contributed by atoms with Crippen LogP contribution in [0.2, 0.25) is 0 Å². The minimum atomic E-state index is 0.682. The third-order valence-corrected chi connectivity index (χ3v) is 4.49. The zero-order valence-corrected chi connectivity index (χ0v) is 11.8.